The second-order valence-electron chi connectivity index (χ2n) is 5.91. The van der Waals surface area contributed by atoms with E-state index in [0.29, 0.717) is 12.1 Å². The Morgan fingerprint density at radius 2 is 1.92 bits per heavy atom. The molecule has 1 aromatic heterocycles. The highest BCUT2D eigenvalue weighted by molar-refractivity contribution is 5.94. The number of ether oxygens (including phenoxy) is 1. The van der Waals surface area contributed by atoms with E-state index in [2.05, 4.69) is 20.2 Å². The van der Waals surface area contributed by atoms with Crippen LogP contribution in [0.1, 0.15) is 34.6 Å². The molecule has 1 aliphatic rings. The Bertz CT molecular complexity index is 709. The van der Waals surface area contributed by atoms with Crippen LogP contribution in [-0.4, -0.2) is 36.1 Å². The fourth-order valence-corrected chi connectivity index (χ4v) is 2.78. The average Bonchev–Trinajstić information content (AvgIpc) is 3.14. The van der Waals surface area contributed by atoms with Gasteiger partial charge in [-0.05, 0) is 50.1 Å². The molecule has 2 aromatic rings. The van der Waals surface area contributed by atoms with E-state index in [0.717, 1.165) is 36.2 Å². The molecule has 0 atom stereocenters. The highest BCUT2D eigenvalue weighted by Gasteiger charge is 2.16. The first-order valence-corrected chi connectivity index (χ1v) is 8.17. The van der Waals surface area contributed by atoms with Crippen molar-refractivity contribution < 1.29 is 9.53 Å². The smallest absolute Gasteiger partial charge is 0.251 e. The number of carbonyl (C=O) groups is 1. The molecule has 6 nitrogen and oxygen atoms in total. The summed E-state index contributed by atoms with van der Waals surface area (Å²) in [6.45, 7) is 4.34. The molecule has 24 heavy (non-hydrogen) atoms. The Kier molecular flexibility index (Phi) is 4.93. The van der Waals surface area contributed by atoms with Gasteiger partial charge in [0.1, 0.15) is 5.75 Å². The van der Waals surface area contributed by atoms with Crippen molar-refractivity contribution >= 4 is 11.9 Å². The molecule has 1 saturated heterocycles. The molecule has 0 unspecified atom stereocenters. The third kappa shape index (κ3) is 3.82. The Morgan fingerprint density at radius 3 is 2.58 bits per heavy atom. The molecule has 0 saturated carbocycles. The van der Waals surface area contributed by atoms with E-state index in [1.54, 1.807) is 31.4 Å². The Morgan fingerprint density at radius 1 is 1.21 bits per heavy atom. The van der Waals surface area contributed by atoms with Crippen LogP contribution in [-0.2, 0) is 6.54 Å². The van der Waals surface area contributed by atoms with Gasteiger partial charge in [-0.25, -0.2) is 9.97 Å². The maximum Gasteiger partial charge on any atom is 0.251 e. The van der Waals surface area contributed by atoms with E-state index in [4.69, 9.17) is 4.74 Å². The van der Waals surface area contributed by atoms with Gasteiger partial charge in [0.25, 0.3) is 5.91 Å². The number of nitrogens with one attached hydrogen (secondary N) is 1. The summed E-state index contributed by atoms with van der Waals surface area (Å²) in [7, 11) is 1.60. The second-order valence-corrected chi connectivity index (χ2v) is 5.91. The van der Waals surface area contributed by atoms with Crippen molar-refractivity contribution in [3.05, 3.63) is 47.3 Å². The number of nitrogens with zero attached hydrogens (tertiary/aromatic N) is 3. The maximum absolute atomic E-state index is 12.2. The van der Waals surface area contributed by atoms with Gasteiger partial charge in [-0.1, -0.05) is 0 Å². The van der Waals surface area contributed by atoms with Gasteiger partial charge in [0.15, 0.2) is 0 Å². The summed E-state index contributed by atoms with van der Waals surface area (Å²) in [6.07, 6.45) is 2.36. The number of aryl methyl sites for hydroxylation is 1. The Balaban J connectivity index is 1.65. The number of aromatic nitrogens is 2. The zero-order valence-electron chi connectivity index (χ0n) is 14.1. The molecule has 2 heterocycles. The zero-order valence-corrected chi connectivity index (χ0v) is 14.1. The number of rotatable bonds is 5. The van der Waals surface area contributed by atoms with Gasteiger partial charge in [0.2, 0.25) is 5.95 Å². The summed E-state index contributed by atoms with van der Waals surface area (Å²) in [5.74, 6) is 1.37. The fraction of sp³-hybridized carbons (Fsp3) is 0.389. The SMILES string of the molecule is COc1ccc(C(=O)NCc2cc(C)nc(N3CCCC3)n2)cc1. The van der Waals surface area contributed by atoms with Crippen LogP contribution in [0.15, 0.2) is 30.3 Å². The summed E-state index contributed by atoms with van der Waals surface area (Å²) in [5, 5.41) is 2.91. The normalized spacial score (nSPS) is 13.8. The molecule has 0 radical (unpaired) electrons. The van der Waals surface area contributed by atoms with Crippen LogP contribution in [0.4, 0.5) is 5.95 Å². The Hall–Kier alpha value is -2.63. The summed E-state index contributed by atoms with van der Waals surface area (Å²) in [4.78, 5) is 23.5. The van der Waals surface area contributed by atoms with E-state index in [1.165, 1.54) is 12.8 Å². The molecule has 0 spiro atoms. The van der Waals surface area contributed by atoms with E-state index in [9.17, 15) is 4.79 Å². The van der Waals surface area contributed by atoms with E-state index >= 15 is 0 Å². The van der Waals surface area contributed by atoms with Gasteiger partial charge < -0.3 is 15.0 Å². The first kappa shape index (κ1) is 16.2. The number of anilines is 1. The molecule has 1 fully saturated rings. The lowest BCUT2D eigenvalue weighted by atomic mass is 10.2. The molecule has 1 aromatic carbocycles. The third-order valence-electron chi connectivity index (χ3n) is 4.07. The van der Waals surface area contributed by atoms with Crippen LogP contribution in [0, 0.1) is 6.92 Å². The molecular weight excluding hydrogens is 304 g/mol. The standard InChI is InChI=1S/C18H22N4O2/c1-13-11-15(21-18(20-13)22-9-3-4-10-22)12-19-17(23)14-5-7-16(24-2)8-6-14/h5-8,11H,3-4,9-10,12H2,1-2H3,(H,19,23). The molecule has 3 rings (SSSR count). The molecular formula is C18H22N4O2. The quantitative estimate of drug-likeness (QED) is 0.913. The lowest BCUT2D eigenvalue weighted by molar-refractivity contribution is 0.0950. The van der Waals surface area contributed by atoms with Gasteiger partial charge in [-0.3, -0.25) is 4.79 Å². The summed E-state index contributed by atoms with van der Waals surface area (Å²) < 4.78 is 5.10. The lowest BCUT2D eigenvalue weighted by Gasteiger charge is -2.16. The molecule has 1 aliphatic heterocycles. The van der Waals surface area contributed by atoms with Gasteiger partial charge in [0, 0.05) is 24.3 Å². The van der Waals surface area contributed by atoms with Crippen molar-refractivity contribution in [1.29, 1.82) is 0 Å². The van der Waals surface area contributed by atoms with Crippen molar-refractivity contribution in [2.45, 2.75) is 26.3 Å². The van der Waals surface area contributed by atoms with E-state index in [-0.39, 0.29) is 5.91 Å². The van der Waals surface area contributed by atoms with Crippen LogP contribution in [0.5, 0.6) is 5.75 Å². The van der Waals surface area contributed by atoms with Crippen molar-refractivity contribution in [3.8, 4) is 5.75 Å². The number of benzene rings is 1. The highest BCUT2D eigenvalue weighted by atomic mass is 16.5. The molecule has 1 amide bonds. The number of amides is 1. The van der Waals surface area contributed by atoms with Crippen LogP contribution in [0.3, 0.4) is 0 Å². The predicted octanol–water partition coefficient (Wildman–Crippen LogP) is 2.32. The summed E-state index contributed by atoms with van der Waals surface area (Å²) in [5.41, 5.74) is 2.34. The van der Waals surface area contributed by atoms with Crippen molar-refractivity contribution in [2.75, 3.05) is 25.1 Å². The minimum Gasteiger partial charge on any atom is -0.497 e. The van der Waals surface area contributed by atoms with Gasteiger partial charge >= 0.3 is 0 Å². The average molecular weight is 326 g/mol. The molecule has 6 heteroatoms. The molecule has 1 N–H and O–H groups in total. The second kappa shape index (κ2) is 7.29. The minimum atomic E-state index is -0.128. The first-order chi connectivity index (χ1) is 11.7. The molecule has 0 aliphatic carbocycles. The first-order valence-electron chi connectivity index (χ1n) is 8.17. The monoisotopic (exact) mass is 326 g/mol. The van der Waals surface area contributed by atoms with E-state index < -0.39 is 0 Å². The van der Waals surface area contributed by atoms with Gasteiger partial charge in [0.05, 0.1) is 19.3 Å². The topological polar surface area (TPSA) is 67.3 Å². The van der Waals surface area contributed by atoms with Gasteiger partial charge in [-0.2, -0.15) is 0 Å². The zero-order chi connectivity index (χ0) is 16.9. The predicted molar refractivity (Wildman–Crippen MR) is 92.4 cm³/mol. The van der Waals surface area contributed by atoms with Gasteiger partial charge in [-0.15, -0.1) is 0 Å². The highest BCUT2D eigenvalue weighted by Crippen LogP contribution is 2.17. The van der Waals surface area contributed by atoms with Crippen molar-refractivity contribution in [1.82, 2.24) is 15.3 Å². The van der Waals surface area contributed by atoms with Crippen LogP contribution >= 0.6 is 0 Å². The third-order valence-corrected chi connectivity index (χ3v) is 4.07. The molecule has 0 bridgehead atoms. The molecule has 126 valence electrons. The number of hydrogen-bond acceptors (Lipinski definition) is 5. The lowest BCUT2D eigenvalue weighted by Crippen LogP contribution is -2.25. The Labute approximate surface area is 141 Å². The van der Waals surface area contributed by atoms with E-state index in [1.807, 2.05) is 13.0 Å². The van der Waals surface area contributed by atoms with Crippen molar-refractivity contribution in [2.24, 2.45) is 0 Å². The summed E-state index contributed by atoms with van der Waals surface area (Å²) in [6, 6.07) is 8.95. The van der Waals surface area contributed by atoms with Crippen LogP contribution < -0.4 is 15.0 Å². The number of hydrogen-bond donors (Lipinski definition) is 1. The van der Waals surface area contributed by atoms with Crippen molar-refractivity contribution in [3.63, 3.8) is 0 Å². The fourth-order valence-electron chi connectivity index (χ4n) is 2.78. The van der Waals surface area contributed by atoms with Crippen LogP contribution in [0.25, 0.3) is 0 Å². The minimum absolute atomic E-state index is 0.128. The maximum atomic E-state index is 12.2. The number of carbonyl (C=O) groups excluding carboxylic acids is 1. The largest absolute Gasteiger partial charge is 0.497 e. The van der Waals surface area contributed by atoms with Crippen LogP contribution in [0.2, 0.25) is 0 Å². The summed E-state index contributed by atoms with van der Waals surface area (Å²) >= 11 is 0. The number of methoxy groups -OCH3 is 1.